The molecule has 0 fully saturated rings. The Bertz CT molecular complexity index is 1110. The molecule has 0 saturated carbocycles. The van der Waals surface area contributed by atoms with E-state index in [1.807, 2.05) is 24.3 Å². The Hall–Kier alpha value is -2.75. The van der Waals surface area contributed by atoms with Gasteiger partial charge in [0.2, 0.25) is 11.8 Å². The van der Waals surface area contributed by atoms with E-state index in [0.717, 1.165) is 11.1 Å². The van der Waals surface area contributed by atoms with E-state index in [-0.39, 0.29) is 52.4 Å². The number of nitrogens with zero attached hydrogens (tertiary/aromatic N) is 1. The van der Waals surface area contributed by atoms with Crippen molar-refractivity contribution in [2.45, 2.75) is 0 Å². The summed E-state index contributed by atoms with van der Waals surface area (Å²) in [6.45, 7) is -0.805. The quantitative estimate of drug-likeness (QED) is 0.431. The molecule has 1 aromatic heterocycles. The van der Waals surface area contributed by atoms with Gasteiger partial charge in [0.05, 0.1) is 5.97 Å². The molecule has 0 bridgehead atoms. The molecule has 1 heterocycles. The van der Waals surface area contributed by atoms with Gasteiger partial charge in [-0.15, -0.1) is 0 Å². The minimum atomic E-state index is -1.48. The molecule has 0 spiro atoms. The Kier molecular flexibility index (Phi) is 9.83. The van der Waals surface area contributed by atoms with Crippen molar-refractivity contribution in [3.63, 3.8) is 0 Å². The fourth-order valence-electron chi connectivity index (χ4n) is 2.74. The second-order valence-electron chi connectivity index (χ2n) is 6.38. The van der Waals surface area contributed by atoms with Gasteiger partial charge in [-0.2, -0.15) is 0 Å². The molecule has 2 N–H and O–H groups in total. The van der Waals surface area contributed by atoms with E-state index >= 15 is 0 Å². The zero-order valence-electron chi connectivity index (χ0n) is 17.1. The van der Waals surface area contributed by atoms with Crippen LogP contribution in [0.25, 0.3) is 11.1 Å². The van der Waals surface area contributed by atoms with Crippen LogP contribution in [-0.2, 0) is 14.3 Å². The molecular weight excluding hydrogens is 445 g/mol. The standard InChI is InChI=1S/C22H18ClN3O5.Na/c23-16-4-5-19(18(11-16)22(29)30)26-21(28)13-31-12-20(27)25-17-3-1-2-15(10-17)14-6-8-24-9-7-14;/h1-11H,12-13H2,(H,25,27)(H,26,28)(H,29,30);/q;+1/p-1. The SMILES string of the molecule is O=C(COCC(=O)Nc1ccc(Cl)cc1C(=O)[O-])Nc1cccc(-c2ccncc2)c1.[Na+]. The van der Waals surface area contributed by atoms with Crippen LogP contribution in [-0.4, -0.2) is 36.0 Å². The van der Waals surface area contributed by atoms with Crippen molar-refractivity contribution in [2.75, 3.05) is 23.8 Å². The topological polar surface area (TPSA) is 120 Å². The Labute approximate surface area is 211 Å². The Morgan fingerprint density at radius 3 is 2.28 bits per heavy atom. The van der Waals surface area contributed by atoms with Crippen LogP contribution in [0.15, 0.2) is 67.0 Å². The minimum Gasteiger partial charge on any atom is -0.545 e. The van der Waals surface area contributed by atoms with Gasteiger partial charge in [0.15, 0.2) is 0 Å². The number of nitrogens with one attached hydrogen (secondary N) is 2. The van der Waals surface area contributed by atoms with E-state index in [1.165, 1.54) is 18.2 Å². The molecule has 2 amide bonds. The van der Waals surface area contributed by atoms with Gasteiger partial charge < -0.3 is 25.3 Å². The van der Waals surface area contributed by atoms with Gasteiger partial charge >= 0.3 is 29.6 Å². The van der Waals surface area contributed by atoms with E-state index in [4.69, 9.17) is 16.3 Å². The third-order valence-corrected chi connectivity index (χ3v) is 4.34. The third-order valence-electron chi connectivity index (χ3n) is 4.10. The molecule has 0 saturated heterocycles. The molecule has 3 aromatic rings. The van der Waals surface area contributed by atoms with Crippen LogP contribution >= 0.6 is 11.6 Å². The number of aromatic carboxylic acids is 1. The number of carbonyl (C=O) groups excluding carboxylic acids is 3. The van der Waals surface area contributed by atoms with E-state index in [0.29, 0.717) is 5.69 Å². The zero-order valence-corrected chi connectivity index (χ0v) is 19.9. The van der Waals surface area contributed by atoms with Crippen LogP contribution in [0.2, 0.25) is 5.02 Å². The zero-order chi connectivity index (χ0) is 22.2. The van der Waals surface area contributed by atoms with Crippen molar-refractivity contribution in [1.29, 1.82) is 0 Å². The maximum absolute atomic E-state index is 12.1. The van der Waals surface area contributed by atoms with E-state index in [1.54, 1.807) is 24.5 Å². The summed E-state index contributed by atoms with van der Waals surface area (Å²) in [5, 5.41) is 16.4. The molecule has 8 nitrogen and oxygen atoms in total. The number of pyridine rings is 1. The Morgan fingerprint density at radius 2 is 1.59 bits per heavy atom. The number of halogens is 1. The smallest absolute Gasteiger partial charge is 0.545 e. The molecule has 0 unspecified atom stereocenters. The normalized spacial score (nSPS) is 10.0. The van der Waals surface area contributed by atoms with Gasteiger partial charge in [-0.05, 0) is 53.6 Å². The Balaban J connectivity index is 0.00000363. The van der Waals surface area contributed by atoms with E-state index in [9.17, 15) is 19.5 Å². The van der Waals surface area contributed by atoms with E-state index < -0.39 is 24.4 Å². The first-order valence-electron chi connectivity index (χ1n) is 9.11. The summed E-state index contributed by atoms with van der Waals surface area (Å²) >= 11 is 5.75. The van der Waals surface area contributed by atoms with Crippen LogP contribution in [0.3, 0.4) is 0 Å². The predicted octanol–water partition coefficient (Wildman–Crippen LogP) is -0.637. The number of anilines is 2. The fourth-order valence-corrected chi connectivity index (χ4v) is 2.91. The van der Waals surface area contributed by atoms with Crippen molar-refractivity contribution < 1.29 is 53.8 Å². The van der Waals surface area contributed by atoms with Crippen LogP contribution < -0.4 is 45.3 Å². The van der Waals surface area contributed by atoms with E-state index in [2.05, 4.69) is 15.6 Å². The van der Waals surface area contributed by atoms with Crippen LogP contribution in [0, 0.1) is 0 Å². The van der Waals surface area contributed by atoms with Gasteiger partial charge in [-0.25, -0.2) is 0 Å². The second kappa shape index (κ2) is 12.3. The fraction of sp³-hybridized carbons (Fsp3) is 0.0909. The van der Waals surface area contributed by atoms with Gasteiger partial charge in [-0.1, -0.05) is 23.7 Å². The average Bonchev–Trinajstić information content (AvgIpc) is 2.75. The molecule has 0 aliphatic carbocycles. The van der Waals surface area contributed by atoms with Crippen molar-refractivity contribution in [3.8, 4) is 11.1 Å². The van der Waals surface area contributed by atoms with Gasteiger partial charge in [0.25, 0.3) is 0 Å². The summed E-state index contributed by atoms with van der Waals surface area (Å²) in [6, 6.07) is 14.9. The van der Waals surface area contributed by atoms with Crippen molar-refractivity contribution in [3.05, 3.63) is 77.6 Å². The molecule has 10 heteroatoms. The first-order chi connectivity index (χ1) is 14.9. The van der Waals surface area contributed by atoms with Crippen molar-refractivity contribution >= 4 is 40.8 Å². The average molecular weight is 462 g/mol. The summed E-state index contributed by atoms with van der Waals surface area (Å²) in [7, 11) is 0. The van der Waals surface area contributed by atoms with Crippen molar-refractivity contribution in [1.82, 2.24) is 4.98 Å². The number of hydrogen-bond acceptors (Lipinski definition) is 6. The molecule has 0 aliphatic rings. The maximum Gasteiger partial charge on any atom is 1.00 e. The summed E-state index contributed by atoms with van der Waals surface area (Å²) in [5.74, 6) is -2.55. The molecule has 0 aliphatic heterocycles. The van der Waals surface area contributed by atoms with Gasteiger partial charge in [0, 0.05) is 34.4 Å². The molecule has 3 rings (SSSR count). The number of aromatic nitrogens is 1. The number of amides is 2. The first-order valence-corrected chi connectivity index (χ1v) is 9.49. The number of benzene rings is 2. The first kappa shape index (κ1) is 25.5. The largest absolute Gasteiger partial charge is 1.00 e. The van der Waals surface area contributed by atoms with Crippen LogP contribution in [0.4, 0.5) is 11.4 Å². The molecule has 32 heavy (non-hydrogen) atoms. The van der Waals surface area contributed by atoms with Gasteiger partial charge in [-0.3, -0.25) is 14.6 Å². The molecule has 2 aromatic carbocycles. The van der Waals surface area contributed by atoms with Crippen molar-refractivity contribution in [2.24, 2.45) is 0 Å². The number of carbonyl (C=O) groups is 3. The summed E-state index contributed by atoms with van der Waals surface area (Å²) in [4.78, 5) is 39.2. The third kappa shape index (κ3) is 7.44. The molecule has 0 radical (unpaired) electrons. The maximum atomic E-state index is 12.1. The summed E-state index contributed by atoms with van der Waals surface area (Å²) in [6.07, 6.45) is 3.36. The van der Waals surface area contributed by atoms with Crippen LogP contribution in [0.5, 0.6) is 0 Å². The molecule has 158 valence electrons. The van der Waals surface area contributed by atoms with Gasteiger partial charge in [0.1, 0.15) is 13.2 Å². The monoisotopic (exact) mass is 461 g/mol. The number of hydrogen-bond donors (Lipinski definition) is 2. The molecule has 0 atom stereocenters. The van der Waals surface area contributed by atoms with Crippen LogP contribution in [0.1, 0.15) is 10.4 Å². The molecular formula is C22H17ClN3NaO5. The Morgan fingerprint density at radius 1 is 0.906 bits per heavy atom. The summed E-state index contributed by atoms with van der Waals surface area (Å²) < 4.78 is 5.12. The second-order valence-corrected chi connectivity index (χ2v) is 6.82. The number of ether oxygens (including phenoxy) is 1. The minimum absolute atomic E-state index is 0. The summed E-state index contributed by atoms with van der Waals surface area (Å²) in [5.41, 5.74) is 2.21. The predicted molar refractivity (Wildman–Crippen MR) is 114 cm³/mol. The number of carboxylic acid groups (broad SMARTS) is 1. The number of carboxylic acids is 1. The number of rotatable bonds is 8.